The second kappa shape index (κ2) is 5.29. The predicted octanol–water partition coefficient (Wildman–Crippen LogP) is 1.81. The molecule has 0 amide bonds. The maximum atomic E-state index is 11.5. The average molecular weight is 205 g/mol. The number of hydrogen-bond acceptors (Lipinski definition) is 3. The summed E-state index contributed by atoms with van der Waals surface area (Å²) in [6.07, 6.45) is 1.87. The Hall–Kier alpha value is -1.64. The lowest BCUT2D eigenvalue weighted by Crippen LogP contribution is -2.10. The first-order valence-corrected chi connectivity index (χ1v) is 4.73. The van der Waals surface area contributed by atoms with Crippen molar-refractivity contribution in [3.8, 4) is 0 Å². The minimum atomic E-state index is -0.625. The van der Waals surface area contributed by atoms with Gasteiger partial charge in [0.2, 0.25) is 0 Å². The Morgan fingerprint density at radius 2 is 1.87 bits per heavy atom. The SMILES string of the molecule is CCc1ccc(C(=O)[CH]C(=O)OC)cc1. The first kappa shape index (κ1) is 11.4. The van der Waals surface area contributed by atoms with Crippen molar-refractivity contribution in [3.05, 3.63) is 41.8 Å². The van der Waals surface area contributed by atoms with Crippen molar-refractivity contribution in [2.75, 3.05) is 7.11 Å². The van der Waals surface area contributed by atoms with Crippen molar-refractivity contribution in [1.82, 2.24) is 0 Å². The third-order valence-corrected chi connectivity index (χ3v) is 2.10. The lowest BCUT2D eigenvalue weighted by Gasteiger charge is -2.00. The Kier molecular flexibility index (Phi) is 4.03. The number of rotatable bonds is 4. The fraction of sp³-hybridized carbons (Fsp3) is 0.250. The molecule has 1 radical (unpaired) electrons. The standard InChI is InChI=1S/C12H13O3/c1-3-9-4-6-10(7-5-9)11(13)8-12(14)15-2/h4-8H,3H2,1-2H3. The van der Waals surface area contributed by atoms with Crippen molar-refractivity contribution in [2.45, 2.75) is 13.3 Å². The molecule has 1 aromatic carbocycles. The molecule has 0 saturated heterocycles. The van der Waals surface area contributed by atoms with E-state index in [2.05, 4.69) is 4.74 Å². The highest BCUT2D eigenvalue weighted by Gasteiger charge is 2.12. The molecule has 0 bridgehead atoms. The van der Waals surface area contributed by atoms with Gasteiger partial charge in [-0.15, -0.1) is 0 Å². The highest BCUT2D eigenvalue weighted by molar-refractivity contribution is 6.15. The Morgan fingerprint density at radius 1 is 1.27 bits per heavy atom. The number of Topliss-reactive ketones (excluding diaryl/α,β-unsaturated/α-hetero) is 1. The van der Waals surface area contributed by atoms with Crippen LogP contribution >= 0.6 is 0 Å². The van der Waals surface area contributed by atoms with Crippen molar-refractivity contribution in [3.63, 3.8) is 0 Å². The second-order valence-electron chi connectivity index (χ2n) is 3.08. The van der Waals surface area contributed by atoms with Crippen LogP contribution in [0.25, 0.3) is 0 Å². The van der Waals surface area contributed by atoms with Crippen LogP contribution in [0.4, 0.5) is 0 Å². The number of methoxy groups -OCH3 is 1. The van der Waals surface area contributed by atoms with Gasteiger partial charge in [-0.3, -0.25) is 9.59 Å². The molecule has 0 unspecified atom stereocenters. The number of benzene rings is 1. The van der Waals surface area contributed by atoms with Gasteiger partial charge in [0.1, 0.15) is 6.42 Å². The molecule has 0 spiro atoms. The summed E-state index contributed by atoms with van der Waals surface area (Å²) in [6.45, 7) is 2.04. The molecule has 79 valence electrons. The van der Waals surface area contributed by atoms with E-state index in [0.717, 1.165) is 18.4 Å². The van der Waals surface area contributed by atoms with E-state index >= 15 is 0 Å². The average Bonchev–Trinajstić information content (AvgIpc) is 2.29. The van der Waals surface area contributed by atoms with E-state index in [1.165, 1.54) is 7.11 Å². The third kappa shape index (κ3) is 3.20. The van der Waals surface area contributed by atoms with E-state index in [9.17, 15) is 9.59 Å². The molecule has 3 nitrogen and oxygen atoms in total. The zero-order valence-corrected chi connectivity index (χ0v) is 8.82. The number of ketones is 1. The minimum Gasteiger partial charge on any atom is -0.468 e. The summed E-state index contributed by atoms with van der Waals surface area (Å²) in [5.74, 6) is -0.955. The lowest BCUT2D eigenvalue weighted by molar-refractivity contribution is -0.136. The van der Waals surface area contributed by atoms with E-state index in [1.54, 1.807) is 12.1 Å². The summed E-state index contributed by atoms with van der Waals surface area (Å²) in [4.78, 5) is 22.3. The number of carbonyl (C=O) groups is 2. The van der Waals surface area contributed by atoms with E-state index < -0.39 is 5.97 Å². The van der Waals surface area contributed by atoms with E-state index in [4.69, 9.17) is 0 Å². The summed E-state index contributed by atoms with van der Waals surface area (Å²) >= 11 is 0. The molecule has 15 heavy (non-hydrogen) atoms. The number of carbonyl (C=O) groups excluding carboxylic acids is 2. The van der Waals surface area contributed by atoms with Gasteiger partial charge in [0.05, 0.1) is 7.11 Å². The summed E-state index contributed by atoms with van der Waals surface area (Å²) in [6, 6.07) is 7.16. The molecule has 3 heteroatoms. The molecule has 0 N–H and O–H groups in total. The van der Waals surface area contributed by atoms with Gasteiger partial charge in [0.25, 0.3) is 0 Å². The molecular weight excluding hydrogens is 192 g/mol. The fourth-order valence-electron chi connectivity index (χ4n) is 1.15. The zero-order chi connectivity index (χ0) is 11.3. The molecular formula is C12H13O3. The number of hydrogen-bond donors (Lipinski definition) is 0. The quantitative estimate of drug-likeness (QED) is 0.427. The smallest absolute Gasteiger partial charge is 0.317 e. The molecule has 0 atom stereocenters. The zero-order valence-electron chi connectivity index (χ0n) is 8.82. The molecule has 0 saturated carbocycles. The van der Waals surface area contributed by atoms with Crippen LogP contribution in [0.3, 0.4) is 0 Å². The number of ether oxygens (including phenoxy) is 1. The highest BCUT2D eigenvalue weighted by Crippen LogP contribution is 2.07. The van der Waals surface area contributed by atoms with Crippen LogP contribution in [0.2, 0.25) is 0 Å². The van der Waals surface area contributed by atoms with E-state index in [1.807, 2.05) is 19.1 Å². The minimum absolute atomic E-state index is 0.329. The highest BCUT2D eigenvalue weighted by atomic mass is 16.5. The van der Waals surface area contributed by atoms with E-state index in [-0.39, 0.29) is 5.78 Å². The largest absolute Gasteiger partial charge is 0.468 e. The van der Waals surface area contributed by atoms with Crippen LogP contribution in [0, 0.1) is 6.42 Å². The third-order valence-electron chi connectivity index (χ3n) is 2.10. The monoisotopic (exact) mass is 205 g/mol. The predicted molar refractivity (Wildman–Crippen MR) is 56.5 cm³/mol. The van der Waals surface area contributed by atoms with Gasteiger partial charge in [-0.1, -0.05) is 31.2 Å². The van der Waals surface area contributed by atoms with Gasteiger partial charge >= 0.3 is 5.97 Å². The van der Waals surface area contributed by atoms with Gasteiger partial charge in [-0.05, 0) is 12.0 Å². The molecule has 1 rings (SSSR count). The normalized spacial score (nSPS) is 9.73. The Balaban J connectivity index is 2.70. The molecule has 1 aromatic rings. The van der Waals surface area contributed by atoms with Crippen molar-refractivity contribution >= 4 is 11.8 Å². The molecule has 0 aliphatic rings. The summed E-state index contributed by atoms with van der Waals surface area (Å²) < 4.78 is 4.37. The van der Waals surface area contributed by atoms with Crippen molar-refractivity contribution in [2.24, 2.45) is 0 Å². The van der Waals surface area contributed by atoms with Crippen LogP contribution in [-0.4, -0.2) is 18.9 Å². The Morgan fingerprint density at radius 3 is 2.33 bits per heavy atom. The topological polar surface area (TPSA) is 43.4 Å². The molecule has 0 fully saturated rings. The first-order valence-electron chi connectivity index (χ1n) is 4.73. The Bertz CT molecular complexity index is 352. The molecule has 0 aliphatic carbocycles. The van der Waals surface area contributed by atoms with Gasteiger partial charge in [0.15, 0.2) is 5.78 Å². The maximum Gasteiger partial charge on any atom is 0.317 e. The molecule has 0 heterocycles. The number of esters is 1. The lowest BCUT2D eigenvalue weighted by atomic mass is 10.1. The fourth-order valence-corrected chi connectivity index (χ4v) is 1.15. The molecule has 0 aliphatic heterocycles. The van der Waals surface area contributed by atoms with Gasteiger partial charge in [-0.2, -0.15) is 0 Å². The van der Waals surface area contributed by atoms with Crippen LogP contribution < -0.4 is 0 Å². The number of aryl methyl sites for hydroxylation is 1. The van der Waals surface area contributed by atoms with Crippen molar-refractivity contribution < 1.29 is 14.3 Å². The first-order chi connectivity index (χ1) is 7.17. The Labute approximate surface area is 89.1 Å². The summed E-state index contributed by atoms with van der Waals surface area (Å²) in [7, 11) is 1.24. The van der Waals surface area contributed by atoms with Gasteiger partial charge < -0.3 is 4.74 Å². The second-order valence-corrected chi connectivity index (χ2v) is 3.08. The maximum absolute atomic E-state index is 11.5. The van der Waals surface area contributed by atoms with Crippen LogP contribution in [0.1, 0.15) is 22.8 Å². The van der Waals surface area contributed by atoms with Crippen molar-refractivity contribution in [1.29, 1.82) is 0 Å². The van der Waals surface area contributed by atoms with Gasteiger partial charge in [0, 0.05) is 5.56 Å². The van der Waals surface area contributed by atoms with E-state index in [0.29, 0.717) is 5.56 Å². The van der Waals surface area contributed by atoms with Gasteiger partial charge in [-0.25, -0.2) is 0 Å². The van der Waals surface area contributed by atoms with Crippen LogP contribution in [0.5, 0.6) is 0 Å². The summed E-state index contributed by atoms with van der Waals surface area (Å²) in [5, 5.41) is 0. The van der Waals surface area contributed by atoms with Crippen LogP contribution in [0.15, 0.2) is 24.3 Å². The summed E-state index contributed by atoms with van der Waals surface area (Å²) in [5.41, 5.74) is 1.65. The molecule has 0 aromatic heterocycles. The van der Waals surface area contributed by atoms with Crippen LogP contribution in [-0.2, 0) is 16.0 Å².